The maximum Gasteiger partial charge on any atom is 0.262 e. The first-order chi connectivity index (χ1) is 14.2. The summed E-state index contributed by atoms with van der Waals surface area (Å²) >= 11 is 3.14. The molecule has 0 fully saturated rings. The van der Waals surface area contributed by atoms with Gasteiger partial charge in [0.1, 0.15) is 0 Å². The van der Waals surface area contributed by atoms with E-state index < -0.39 is 0 Å². The summed E-state index contributed by atoms with van der Waals surface area (Å²) in [5, 5.41) is 1.25. The van der Waals surface area contributed by atoms with E-state index in [4.69, 9.17) is 4.98 Å². The molecule has 0 spiro atoms. The molecule has 29 heavy (non-hydrogen) atoms. The van der Waals surface area contributed by atoms with Gasteiger partial charge in [0.25, 0.3) is 5.56 Å². The Balaban J connectivity index is 1.59. The Labute approximate surface area is 178 Å². The monoisotopic (exact) mass is 425 g/mol. The van der Waals surface area contributed by atoms with Crippen LogP contribution in [0.5, 0.6) is 0 Å². The second kappa shape index (κ2) is 9.05. The number of aromatic nitrogens is 2. The number of hydrogen-bond acceptors (Lipinski definition) is 5. The van der Waals surface area contributed by atoms with Gasteiger partial charge in [-0.1, -0.05) is 49.4 Å². The van der Waals surface area contributed by atoms with E-state index in [0.717, 1.165) is 29.2 Å². The Morgan fingerprint density at radius 1 is 1.17 bits per heavy atom. The van der Waals surface area contributed by atoms with Crippen molar-refractivity contribution in [1.82, 2.24) is 9.55 Å². The number of fused-ring (bicyclic) bond motifs is 2. The van der Waals surface area contributed by atoms with Crippen LogP contribution in [0.2, 0.25) is 0 Å². The maximum absolute atomic E-state index is 13.0. The molecule has 2 aromatic carbocycles. The zero-order valence-electron chi connectivity index (χ0n) is 16.3. The summed E-state index contributed by atoms with van der Waals surface area (Å²) in [5.74, 6) is 1.20. The van der Waals surface area contributed by atoms with Crippen LogP contribution in [0, 0.1) is 0 Å². The molecular weight excluding hydrogens is 402 g/mol. The molecule has 2 heterocycles. The van der Waals surface area contributed by atoms with Crippen LogP contribution in [-0.2, 0) is 11.3 Å². The highest BCUT2D eigenvalue weighted by atomic mass is 32.2. The van der Waals surface area contributed by atoms with E-state index >= 15 is 0 Å². The highest BCUT2D eigenvalue weighted by Crippen LogP contribution is 2.34. The Kier molecular flexibility index (Phi) is 6.25. The molecule has 0 saturated heterocycles. The lowest BCUT2D eigenvalue weighted by Gasteiger charge is -2.28. The van der Waals surface area contributed by atoms with E-state index in [1.165, 1.54) is 11.8 Å². The first kappa shape index (κ1) is 20.0. The number of thioether (sulfide) groups is 2. The summed E-state index contributed by atoms with van der Waals surface area (Å²) in [5.41, 5.74) is 1.63. The summed E-state index contributed by atoms with van der Waals surface area (Å²) in [4.78, 5) is 33.7. The molecule has 0 radical (unpaired) electrons. The molecule has 0 atom stereocenters. The van der Waals surface area contributed by atoms with Gasteiger partial charge in [-0.2, -0.15) is 0 Å². The molecule has 0 aliphatic carbocycles. The number of hydrogen-bond donors (Lipinski definition) is 0. The van der Waals surface area contributed by atoms with Gasteiger partial charge in [0.2, 0.25) is 5.91 Å². The van der Waals surface area contributed by atoms with Crippen molar-refractivity contribution in [3.63, 3.8) is 0 Å². The molecule has 0 N–H and O–H groups in total. The first-order valence-electron chi connectivity index (χ1n) is 9.83. The topological polar surface area (TPSA) is 55.2 Å². The predicted molar refractivity (Wildman–Crippen MR) is 121 cm³/mol. The van der Waals surface area contributed by atoms with Crippen molar-refractivity contribution in [2.45, 2.75) is 36.4 Å². The molecule has 0 bridgehead atoms. The number of benzene rings is 2. The molecular formula is C22H23N3O2S2. The van der Waals surface area contributed by atoms with E-state index in [2.05, 4.69) is 13.0 Å². The van der Waals surface area contributed by atoms with E-state index in [1.807, 2.05) is 47.4 Å². The number of rotatable bonds is 6. The molecule has 5 nitrogen and oxygen atoms in total. The van der Waals surface area contributed by atoms with Crippen LogP contribution in [0.3, 0.4) is 0 Å². The Morgan fingerprint density at radius 3 is 2.83 bits per heavy atom. The summed E-state index contributed by atoms with van der Waals surface area (Å²) in [6, 6.07) is 15.4. The lowest BCUT2D eigenvalue weighted by molar-refractivity contribution is -0.116. The molecule has 1 aromatic heterocycles. The summed E-state index contributed by atoms with van der Waals surface area (Å²) in [6.07, 6.45) is 1.89. The lowest BCUT2D eigenvalue weighted by atomic mass is 10.2. The van der Waals surface area contributed by atoms with Crippen LogP contribution in [0.4, 0.5) is 5.69 Å². The molecule has 3 aromatic rings. The van der Waals surface area contributed by atoms with Gasteiger partial charge in [0.05, 0.1) is 22.3 Å². The van der Waals surface area contributed by atoms with Crippen molar-refractivity contribution in [1.29, 1.82) is 0 Å². The quantitative estimate of drug-likeness (QED) is 0.432. The van der Waals surface area contributed by atoms with E-state index in [1.54, 1.807) is 16.3 Å². The zero-order valence-corrected chi connectivity index (χ0v) is 18.0. The van der Waals surface area contributed by atoms with Gasteiger partial charge in [-0.3, -0.25) is 14.2 Å². The second-order valence-corrected chi connectivity index (χ2v) is 8.95. The predicted octanol–water partition coefficient (Wildman–Crippen LogP) is 4.43. The van der Waals surface area contributed by atoms with Gasteiger partial charge in [0.15, 0.2) is 5.16 Å². The third-order valence-corrected chi connectivity index (χ3v) is 6.92. The minimum Gasteiger partial charge on any atom is -0.310 e. The van der Waals surface area contributed by atoms with Crippen molar-refractivity contribution < 1.29 is 4.79 Å². The first-order valence-corrected chi connectivity index (χ1v) is 11.8. The van der Waals surface area contributed by atoms with Crippen molar-refractivity contribution >= 4 is 46.0 Å². The van der Waals surface area contributed by atoms with Crippen LogP contribution in [0.25, 0.3) is 10.9 Å². The largest absolute Gasteiger partial charge is 0.310 e. The summed E-state index contributed by atoms with van der Waals surface area (Å²) in [6.45, 7) is 3.42. The van der Waals surface area contributed by atoms with Crippen molar-refractivity contribution in [3.8, 4) is 0 Å². The number of carbonyl (C=O) groups is 1. The average Bonchev–Trinajstić information content (AvgIpc) is 2.76. The Bertz CT molecular complexity index is 1100. The average molecular weight is 426 g/mol. The number of amides is 1. The molecule has 4 rings (SSSR count). The maximum atomic E-state index is 13.0. The van der Waals surface area contributed by atoms with Crippen molar-refractivity contribution in [2.24, 2.45) is 0 Å². The number of nitrogens with zero attached hydrogens (tertiary/aromatic N) is 3. The van der Waals surface area contributed by atoms with Gasteiger partial charge in [-0.05, 0) is 30.7 Å². The van der Waals surface area contributed by atoms with Crippen molar-refractivity contribution in [2.75, 3.05) is 23.0 Å². The third-order valence-electron chi connectivity index (χ3n) is 4.92. The fraction of sp³-hybridized carbons (Fsp3) is 0.318. The zero-order chi connectivity index (χ0) is 20.2. The molecule has 150 valence electrons. The minimum atomic E-state index is -0.0290. The van der Waals surface area contributed by atoms with E-state index in [9.17, 15) is 9.59 Å². The smallest absolute Gasteiger partial charge is 0.262 e. The number of para-hydroxylation sites is 2. The fourth-order valence-electron chi connectivity index (χ4n) is 3.40. The van der Waals surface area contributed by atoms with E-state index in [-0.39, 0.29) is 17.2 Å². The van der Waals surface area contributed by atoms with Gasteiger partial charge in [-0.25, -0.2) is 4.98 Å². The van der Waals surface area contributed by atoms with Crippen LogP contribution in [0.1, 0.15) is 19.8 Å². The fourth-order valence-corrected chi connectivity index (χ4v) is 5.30. The highest BCUT2D eigenvalue weighted by Gasteiger charge is 2.23. The number of anilines is 1. The second-order valence-electron chi connectivity index (χ2n) is 6.87. The minimum absolute atomic E-state index is 0.0290. The standard InChI is InChI=1S/C22H23N3O2S2/c1-2-3-12-25-21(27)16-8-4-5-9-17(16)23-22(25)29-15-20(26)24-13-14-28-19-11-7-6-10-18(19)24/h4-11H,2-3,12-15H2,1H3. The normalized spacial score (nSPS) is 13.5. The molecule has 0 saturated carbocycles. The van der Waals surface area contributed by atoms with E-state index in [0.29, 0.717) is 29.1 Å². The Hall–Kier alpha value is -2.25. The summed E-state index contributed by atoms with van der Waals surface area (Å²) < 4.78 is 1.73. The molecule has 1 aliphatic rings. The third kappa shape index (κ3) is 4.21. The Morgan fingerprint density at radius 2 is 1.97 bits per heavy atom. The van der Waals surface area contributed by atoms with Gasteiger partial charge in [-0.15, -0.1) is 11.8 Å². The summed E-state index contributed by atoms with van der Waals surface area (Å²) in [7, 11) is 0. The van der Waals surface area contributed by atoms with Crippen LogP contribution in [-0.4, -0.2) is 33.5 Å². The molecule has 0 unspecified atom stereocenters. The van der Waals surface area contributed by atoms with Crippen LogP contribution < -0.4 is 10.5 Å². The highest BCUT2D eigenvalue weighted by molar-refractivity contribution is 8.00. The van der Waals surface area contributed by atoms with Gasteiger partial charge in [0, 0.05) is 23.7 Å². The number of unbranched alkanes of at least 4 members (excludes halogenated alkanes) is 1. The van der Waals surface area contributed by atoms with Crippen molar-refractivity contribution in [3.05, 3.63) is 58.9 Å². The molecule has 7 heteroatoms. The molecule has 1 amide bonds. The van der Waals surface area contributed by atoms with Gasteiger partial charge < -0.3 is 4.90 Å². The molecule has 1 aliphatic heterocycles. The van der Waals surface area contributed by atoms with Crippen LogP contribution >= 0.6 is 23.5 Å². The van der Waals surface area contributed by atoms with Gasteiger partial charge >= 0.3 is 0 Å². The SMILES string of the molecule is CCCCn1c(SCC(=O)N2CCSc3ccccc32)nc2ccccc2c1=O. The number of carbonyl (C=O) groups excluding carboxylic acids is 1. The van der Waals surface area contributed by atoms with Crippen LogP contribution in [0.15, 0.2) is 63.4 Å². The lowest BCUT2D eigenvalue weighted by Crippen LogP contribution is -2.36.